The fraction of sp³-hybridized carbons (Fsp3) is 0.188. The smallest absolute Gasteiger partial charge is 0.251 e. The van der Waals surface area contributed by atoms with E-state index in [-0.39, 0.29) is 11.9 Å². The molecule has 0 unspecified atom stereocenters. The molecule has 2 aromatic carbocycles. The molecule has 3 rings (SSSR count). The predicted octanol–water partition coefficient (Wildman–Crippen LogP) is 3.76. The predicted molar refractivity (Wildman–Crippen MR) is 76.4 cm³/mol. The number of carbonyl (C=O) groups excluding carboxylic acids is 1. The van der Waals surface area contributed by atoms with Gasteiger partial charge in [-0.3, -0.25) is 4.79 Å². The van der Waals surface area contributed by atoms with Crippen molar-refractivity contribution in [2.24, 2.45) is 0 Å². The third-order valence-electron chi connectivity index (χ3n) is 3.52. The highest BCUT2D eigenvalue weighted by Crippen LogP contribution is 2.30. The fourth-order valence-corrected chi connectivity index (χ4v) is 2.77. The van der Waals surface area contributed by atoms with Gasteiger partial charge in [-0.1, -0.05) is 41.9 Å². The van der Waals surface area contributed by atoms with Crippen LogP contribution in [0.25, 0.3) is 0 Å². The Morgan fingerprint density at radius 1 is 1.16 bits per heavy atom. The summed E-state index contributed by atoms with van der Waals surface area (Å²) < 4.78 is 0. The zero-order valence-electron chi connectivity index (χ0n) is 10.4. The Bertz CT molecular complexity index is 624. The van der Waals surface area contributed by atoms with Gasteiger partial charge in [-0.25, -0.2) is 0 Å². The van der Waals surface area contributed by atoms with Crippen molar-refractivity contribution in [3.63, 3.8) is 0 Å². The second-order valence-electron chi connectivity index (χ2n) is 4.77. The first-order chi connectivity index (χ1) is 9.24. The van der Waals surface area contributed by atoms with Crippen molar-refractivity contribution in [3.8, 4) is 0 Å². The standard InChI is InChI=1S/C16H14ClNO/c17-13-6-3-5-12(10-13)16(19)18-15-9-8-11-4-1-2-7-14(11)15/h1-7,10,15H,8-9H2,(H,18,19)/t15-/m1/s1. The number of hydrogen-bond acceptors (Lipinski definition) is 1. The summed E-state index contributed by atoms with van der Waals surface area (Å²) in [5.41, 5.74) is 3.17. The summed E-state index contributed by atoms with van der Waals surface area (Å²) in [7, 11) is 0. The van der Waals surface area contributed by atoms with Gasteiger partial charge in [-0.05, 0) is 42.2 Å². The second kappa shape index (κ2) is 5.06. The number of nitrogens with one attached hydrogen (secondary N) is 1. The van der Waals surface area contributed by atoms with Crippen LogP contribution in [0.4, 0.5) is 0 Å². The summed E-state index contributed by atoms with van der Waals surface area (Å²) in [4.78, 5) is 12.2. The third kappa shape index (κ3) is 2.49. The lowest BCUT2D eigenvalue weighted by atomic mass is 10.1. The van der Waals surface area contributed by atoms with Crippen LogP contribution in [0.3, 0.4) is 0 Å². The Balaban J connectivity index is 1.78. The van der Waals surface area contributed by atoms with Gasteiger partial charge in [0.1, 0.15) is 0 Å². The molecule has 0 heterocycles. The lowest BCUT2D eigenvalue weighted by Crippen LogP contribution is -2.27. The van der Waals surface area contributed by atoms with E-state index in [0.717, 1.165) is 12.8 Å². The van der Waals surface area contributed by atoms with Crippen LogP contribution >= 0.6 is 11.6 Å². The maximum atomic E-state index is 12.2. The van der Waals surface area contributed by atoms with Crippen molar-refractivity contribution in [1.29, 1.82) is 0 Å². The quantitative estimate of drug-likeness (QED) is 0.885. The van der Waals surface area contributed by atoms with Crippen molar-refractivity contribution >= 4 is 17.5 Å². The molecule has 0 aliphatic heterocycles. The van der Waals surface area contributed by atoms with Gasteiger partial charge in [0.25, 0.3) is 5.91 Å². The molecule has 1 aliphatic rings. The highest BCUT2D eigenvalue weighted by atomic mass is 35.5. The molecule has 3 heteroatoms. The normalized spacial score (nSPS) is 17.0. The Morgan fingerprint density at radius 3 is 2.84 bits per heavy atom. The summed E-state index contributed by atoms with van der Waals surface area (Å²) in [5, 5.41) is 3.66. The first-order valence-corrected chi connectivity index (χ1v) is 6.76. The minimum Gasteiger partial charge on any atom is -0.345 e. The van der Waals surface area contributed by atoms with E-state index in [1.807, 2.05) is 12.1 Å². The Labute approximate surface area is 117 Å². The van der Waals surface area contributed by atoms with Crippen LogP contribution in [0.2, 0.25) is 5.02 Å². The van der Waals surface area contributed by atoms with E-state index in [0.29, 0.717) is 10.6 Å². The zero-order chi connectivity index (χ0) is 13.2. The molecule has 19 heavy (non-hydrogen) atoms. The Morgan fingerprint density at radius 2 is 2.00 bits per heavy atom. The average Bonchev–Trinajstić information content (AvgIpc) is 2.82. The number of aryl methyl sites for hydroxylation is 1. The van der Waals surface area contributed by atoms with Crippen LogP contribution in [0.15, 0.2) is 48.5 Å². The number of carbonyl (C=O) groups is 1. The molecule has 0 fully saturated rings. The van der Waals surface area contributed by atoms with Crippen molar-refractivity contribution in [1.82, 2.24) is 5.32 Å². The molecule has 1 atom stereocenters. The highest BCUT2D eigenvalue weighted by Gasteiger charge is 2.23. The maximum Gasteiger partial charge on any atom is 0.251 e. The fourth-order valence-electron chi connectivity index (χ4n) is 2.58. The molecule has 0 saturated heterocycles. The average molecular weight is 272 g/mol. The molecule has 0 spiro atoms. The molecule has 1 N–H and O–H groups in total. The van der Waals surface area contributed by atoms with Crippen LogP contribution in [0.5, 0.6) is 0 Å². The van der Waals surface area contributed by atoms with E-state index < -0.39 is 0 Å². The molecule has 2 aromatic rings. The Kier molecular flexibility index (Phi) is 3.26. The lowest BCUT2D eigenvalue weighted by molar-refractivity contribution is 0.0936. The summed E-state index contributed by atoms with van der Waals surface area (Å²) in [6, 6.07) is 15.4. The number of hydrogen-bond donors (Lipinski definition) is 1. The van der Waals surface area contributed by atoms with Gasteiger partial charge >= 0.3 is 0 Å². The van der Waals surface area contributed by atoms with E-state index in [4.69, 9.17) is 11.6 Å². The third-order valence-corrected chi connectivity index (χ3v) is 3.76. The van der Waals surface area contributed by atoms with Crippen LogP contribution in [-0.4, -0.2) is 5.91 Å². The largest absolute Gasteiger partial charge is 0.345 e. The zero-order valence-corrected chi connectivity index (χ0v) is 11.2. The molecule has 1 aliphatic carbocycles. The van der Waals surface area contributed by atoms with Gasteiger partial charge in [-0.2, -0.15) is 0 Å². The minimum atomic E-state index is -0.0656. The summed E-state index contributed by atoms with van der Waals surface area (Å²) in [6.07, 6.45) is 1.99. The molecule has 0 saturated carbocycles. The van der Waals surface area contributed by atoms with Gasteiger partial charge in [-0.15, -0.1) is 0 Å². The van der Waals surface area contributed by atoms with Gasteiger partial charge < -0.3 is 5.32 Å². The molecule has 1 amide bonds. The van der Waals surface area contributed by atoms with Crippen molar-refractivity contribution in [3.05, 3.63) is 70.2 Å². The van der Waals surface area contributed by atoms with Crippen LogP contribution in [0.1, 0.15) is 33.9 Å². The van der Waals surface area contributed by atoms with Gasteiger partial charge in [0, 0.05) is 10.6 Å². The number of rotatable bonds is 2. The topological polar surface area (TPSA) is 29.1 Å². The first kappa shape index (κ1) is 12.2. The van der Waals surface area contributed by atoms with Crippen molar-refractivity contribution in [2.45, 2.75) is 18.9 Å². The monoisotopic (exact) mass is 271 g/mol. The molecule has 96 valence electrons. The lowest BCUT2D eigenvalue weighted by Gasteiger charge is -2.14. The van der Waals surface area contributed by atoms with Gasteiger partial charge in [0.15, 0.2) is 0 Å². The first-order valence-electron chi connectivity index (χ1n) is 6.38. The van der Waals surface area contributed by atoms with E-state index in [1.165, 1.54) is 11.1 Å². The van der Waals surface area contributed by atoms with Crippen molar-refractivity contribution in [2.75, 3.05) is 0 Å². The van der Waals surface area contributed by atoms with Crippen LogP contribution in [0, 0.1) is 0 Å². The van der Waals surface area contributed by atoms with E-state index >= 15 is 0 Å². The minimum absolute atomic E-state index is 0.0656. The van der Waals surface area contributed by atoms with Gasteiger partial charge in [0.05, 0.1) is 6.04 Å². The summed E-state index contributed by atoms with van der Waals surface area (Å²) in [5.74, 6) is -0.0656. The molecule has 0 aromatic heterocycles. The molecule has 0 bridgehead atoms. The molecule has 0 radical (unpaired) electrons. The SMILES string of the molecule is O=C(N[C@@H]1CCc2ccccc21)c1cccc(Cl)c1. The number of halogens is 1. The maximum absolute atomic E-state index is 12.2. The summed E-state index contributed by atoms with van der Waals surface area (Å²) in [6.45, 7) is 0. The van der Waals surface area contributed by atoms with Crippen molar-refractivity contribution < 1.29 is 4.79 Å². The number of amides is 1. The van der Waals surface area contributed by atoms with E-state index in [9.17, 15) is 4.79 Å². The molecular weight excluding hydrogens is 258 g/mol. The number of benzene rings is 2. The highest BCUT2D eigenvalue weighted by molar-refractivity contribution is 6.30. The second-order valence-corrected chi connectivity index (χ2v) is 5.21. The summed E-state index contributed by atoms with van der Waals surface area (Å²) >= 11 is 5.91. The van der Waals surface area contributed by atoms with E-state index in [2.05, 4.69) is 17.4 Å². The van der Waals surface area contributed by atoms with Crippen LogP contribution in [-0.2, 0) is 6.42 Å². The molecular formula is C16H14ClNO. The Hall–Kier alpha value is -1.80. The van der Waals surface area contributed by atoms with Gasteiger partial charge in [0.2, 0.25) is 0 Å². The van der Waals surface area contributed by atoms with E-state index in [1.54, 1.807) is 24.3 Å². The van der Waals surface area contributed by atoms with Crippen LogP contribution < -0.4 is 5.32 Å². The number of fused-ring (bicyclic) bond motifs is 1. The molecule has 2 nitrogen and oxygen atoms in total.